The molecule has 0 saturated carbocycles. The van der Waals surface area contributed by atoms with Crippen LogP contribution in [0.25, 0.3) is 22.1 Å². The molecule has 0 radical (unpaired) electrons. The highest BCUT2D eigenvalue weighted by Crippen LogP contribution is 2.29. The summed E-state index contributed by atoms with van der Waals surface area (Å²) in [5.74, 6) is 1.75. The third-order valence-corrected chi connectivity index (χ3v) is 4.88. The highest BCUT2D eigenvalue weighted by Gasteiger charge is 2.28. The van der Waals surface area contributed by atoms with Crippen LogP contribution in [-0.4, -0.2) is 44.1 Å². The number of anilines is 1. The standard InChI is InChI=1S/C19H18N6O/c1-6-15-14(5-2-8-20-15)16(7-1)26-10-13-4-3-9-25(13)19-17-18(22-11-21-17)23-12-24-19/h1-2,5-8,11-13H,3-4,9-10H2,(H,21,22,23,24)/t13-/m1/s1. The molecule has 1 aliphatic heterocycles. The second kappa shape index (κ2) is 6.25. The van der Waals surface area contributed by atoms with Crippen molar-refractivity contribution in [3.63, 3.8) is 0 Å². The maximum absolute atomic E-state index is 6.20. The van der Waals surface area contributed by atoms with Gasteiger partial charge in [-0.1, -0.05) is 6.07 Å². The predicted molar refractivity (Wildman–Crippen MR) is 99.3 cm³/mol. The quantitative estimate of drug-likeness (QED) is 0.612. The van der Waals surface area contributed by atoms with Gasteiger partial charge in [-0.05, 0) is 37.1 Å². The smallest absolute Gasteiger partial charge is 0.162 e. The predicted octanol–water partition coefficient (Wildman–Crippen LogP) is 2.95. The average Bonchev–Trinajstić information content (AvgIpc) is 3.35. The van der Waals surface area contributed by atoms with Crippen LogP contribution in [0.1, 0.15) is 12.8 Å². The van der Waals surface area contributed by atoms with Crippen LogP contribution >= 0.6 is 0 Å². The Bertz CT molecular complexity index is 1060. The van der Waals surface area contributed by atoms with Crippen LogP contribution in [0.15, 0.2) is 49.2 Å². The molecule has 4 aromatic rings. The maximum atomic E-state index is 6.20. The van der Waals surface area contributed by atoms with Crippen molar-refractivity contribution in [3.05, 3.63) is 49.2 Å². The Balaban J connectivity index is 1.40. The lowest BCUT2D eigenvalue weighted by Gasteiger charge is -2.25. The van der Waals surface area contributed by atoms with Crippen molar-refractivity contribution in [3.8, 4) is 5.75 Å². The molecule has 0 unspecified atom stereocenters. The van der Waals surface area contributed by atoms with Crippen LogP contribution in [0.5, 0.6) is 5.75 Å². The molecule has 1 N–H and O–H groups in total. The van der Waals surface area contributed by atoms with E-state index in [1.165, 1.54) is 0 Å². The Labute approximate surface area is 150 Å². The largest absolute Gasteiger partial charge is 0.491 e. The summed E-state index contributed by atoms with van der Waals surface area (Å²) >= 11 is 0. The minimum absolute atomic E-state index is 0.261. The molecule has 0 amide bonds. The molecule has 26 heavy (non-hydrogen) atoms. The minimum Gasteiger partial charge on any atom is -0.491 e. The molecular formula is C19H18N6O. The number of nitrogens with one attached hydrogen (secondary N) is 1. The zero-order chi connectivity index (χ0) is 17.3. The molecule has 7 heteroatoms. The van der Waals surface area contributed by atoms with Gasteiger partial charge >= 0.3 is 0 Å². The lowest BCUT2D eigenvalue weighted by molar-refractivity contribution is 0.291. The van der Waals surface area contributed by atoms with Gasteiger partial charge in [-0.25, -0.2) is 15.0 Å². The number of hydrogen-bond acceptors (Lipinski definition) is 6. The number of ether oxygens (including phenoxy) is 1. The van der Waals surface area contributed by atoms with Crippen molar-refractivity contribution in [2.45, 2.75) is 18.9 Å². The molecule has 0 bridgehead atoms. The van der Waals surface area contributed by atoms with Gasteiger partial charge in [-0.2, -0.15) is 0 Å². The first-order chi connectivity index (χ1) is 12.9. The van der Waals surface area contributed by atoms with E-state index in [-0.39, 0.29) is 6.04 Å². The summed E-state index contributed by atoms with van der Waals surface area (Å²) < 4.78 is 6.20. The molecule has 1 aromatic carbocycles. The lowest BCUT2D eigenvalue weighted by Crippen LogP contribution is -2.35. The van der Waals surface area contributed by atoms with Crippen LogP contribution in [0.2, 0.25) is 0 Å². The number of aromatic amines is 1. The number of hydrogen-bond donors (Lipinski definition) is 1. The lowest BCUT2D eigenvalue weighted by atomic mass is 10.2. The molecule has 130 valence electrons. The van der Waals surface area contributed by atoms with Gasteiger partial charge in [0.25, 0.3) is 0 Å². The zero-order valence-corrected chi connectivity index (χ0v) is 14.2. The van der Waals surface area contributed by atoms with E-state index in [4.69, 9.17) is 4.74 Å². The van der Waals surface area contributed by atoms with Crippen LogP contribution < -0.4 is 9.64 Å². The number of benzene rings is 1. The number of imidazole rings is 1. The molecule has 7 nitrogen and oxygen atoms in total. The van der Waals surface area contributed by atoms with Crippen molar-refractivity contribution in [2.75, 3.05) is 18.1 Å². The third kappa shape index (κ3) is 2.52. The number of pyridine rings is 1. The number of fused-ring (bicyclic) bond motifs is 2. The van der Waals surface area contributed by atoms with Gasteiger partial charge < -0.3 is 14.6 Å². The molecule has 3 aromatic heterocycles. The molecule has 0 spiro atoms. The fourth-order valence-electron chi connectivity index (χ4n) is 3.64. The normalized spacial score (nSPS) is 17.2. The Kier molecular flexibility index (Phi) is 3.62. The maximum Gasteiger partial charge on any atom is 0.162 e. The van der Waals surface area contributed by atoms with E-state index in [2.05, 4.69) is 29.8 Å². The number of rotatable bonds is 4. The molecule has 4 heterocycles. The second-order valence-corrected chi connectivity index (χ2v) is 6.42. The van der Waals surface area contributed by atoms with E-state index in [1.54, 1.807) is 18.9 Å². The average molecular weight is 346 g/mol. The van der Waals surface area contributed by atoms with Crippen LogP contribution in [-0.2, 0) is 0 Å². The summed E-state index contributed by atoms with van der Waals surface area (Å²) in [6, 6.07) is 10.2. The summed E-state index contributed by atoms with van der Waals surface area (Å²) in [7, 11) is 0. The first kappa shape index (κ1) is 15.1. The van der Waals surface area contributed by atoms with Crippen molar-refractivity contribution >= 4 is 27.9 Å². The first-order valence-electron chi connectivity index (χ1n) is 8.77. The monoisotopic (exact) mass is 346 g/mol. The van der Waals surface area contributed by atoms with Gasteiger partial charge in [0.2, 0.25) is 0 Å². The van der Waals surface area contributed by atoms with E-state index >= 15 is 0 Å². The van der Waals surface area contributed by atoms with Gasteiger partial charge in [-0.15, -0.1) is 0 Å². The second-order valence-electron chi connectivity index (χ2n) is 6.42. The SMILES string of the molecule is c1cc(OC[C@H]2CCCN2c2ncnc3[nH]cnc23)c2cccnc2c1. The van der Waals surface area contributed by atoms with Gasteiger partial charge in [0, 0.05) is 18.1 Å². The third-order valence-electron chi connectivity index (χ3n) is 4.88. The van der Waals surface area contributed by atoms with E-state index in [0.29, 0.717) is 6.61 Å². The van der Waals surface area contributed by atoms with Crippen molar-refractivity contribution < 1.29 is 4.74 Å². The Hall–Kier alpha value is -3.22. The molecule has 1 aliphatic rings. The minimum atomic E-state index is 0.261. The topological polar surface area (TPSA) is 79.8 Å². The van der Waals surface area contributed by atoms with Crippen molar-refractivity contribution in [1.29, 1.82) is 0 Å². The Morgan fingerprint density at radius 1 is 1.12 bits per heavy atom. The van der Waals surface area contributed by atoms with Crippen LogP contribution in [0, 0.1) is 0 Å². The summed E-state index contributed by atoms with van der Waals surface area (Å²) in [4.78, 5) is 22.8. The highest BCUT2D eigenvalue weighted by atomic mass is 16.5. The van der Waals surface area contributed by atoms with E-state index < -0.39 is 0 Å². The van der Waals surface area contributed by atoms with E-state index in [9.17, 15) is 0 Å². The zero-order valence-electron chi connectivity index (χ0n) is 14.2. The molecular weight excluding hydrogens is 328 g/mol. The fourth-order valence-corrected chi connectivity index (χ4v) is 3.64. The van der Waals surface area contributed by atoms with Gasteiger partial charge in [0.05, 0.1) is 17.9 Å². The van der Waals surface area contributed by atoms with Gasteiger partial charge in [0.15, 0.2) is 11.5 Å². The Morgan fingerprint density at radius 3 is 3.12 bits per heavy atom. The van der Waals surface area contributed by atoms with Crippen LogP contribution in [0.3, 0.4) is 0 Å². The first-order valence-corrected chi connectivity index (χ1v) is 8.77. The van der Waals surface area contributed by atoms with Crippen molar-refractivity contribution in [1.82, 2.24) is 24.9 Å². The van der Waals surface area contributed by atoms with E-state index in [0.717, 1.165) is 53.0 Å². The summed E-state index contributed by atoms with van der Waals surface area (Å²) in [5, 5.41) is 1.04. The molecule has 1 saturated heterocycles. The number of nitrogens with zero attached hydrogens (tertiary/aromatic N) is 5. The molecule has 0 aliphatic carbocycles. The number of H-pyrrole nitrogens is 1. The molecule has 5 rings (SSSR count). The molecule has 1 atom stereocenters. The van der Waals surface area contributed by atoms with E-state index in [1.807, 2.05) is 30.3 Å². The summed E-state index contributed by atoms with van der Waals surface area (Å²) in [6.07, 6.45) is 7.23. The summed E-state index contributed by atoms with van der Waals surface area (Å²) in [6.45, 7) is 1.55. The molecule has 1 fully saturated rings. The Morgan fingerprint density at radius 2 is 2.12 bits per heavy atom. The summed E-state index contributed by atoms with van der Waals surface area (Å²) in [5.41, 5.74) is 2.53. The van der Waals surface area contributed by atoms with Gasteiger partial charge in [0.1, 0.15) is 24.2 Å². The highest BCUT2D eigenvalue weighted by molar-refractivity contribution is 5.85. The fraction of sp³-hybridized carbons (Fsp3) is 0.263. The number of aromatic nitrogens is 5. The van der Waals surface area contributed by atoms with Crippen molar-refractivity contribution in [2.24, 2.45) is 0 Å². The van der Waals surface area contributed by atoms with Crippen LogP contribution in [0.4, 0.5) is 5.82 Å². The van der Waals surface area contributed by atoms with Gasteiger partial charge in [-0.3, -0.25) is 4.98 Å².